The molecule has 1 aliphatic heterocycles. The van der Waals surface area contributed by atoms with Crippen LogP contribution < -0.4 is 10.2 Å². The number of hydrogen-bond acceptors (Lipinski definition) is 2. The number of amides is 1. The largest absolute Gasteiger partial charge is 0.353 e. The molecule has 26 heavy (non-hydrogen) atoms. The quantitative estimate of drug-likeness (QED) is 0.661. The number of anilines is 3. The first-order valence-corrected chi connectivity index (χ1v) is 8.99. The van der Waals surface area contributed by atoms with E-state index in [1.165, 1.54) is 5.56 Å². The van der Waals surface area contributed by atoms with Gasteiger partial charge in [-0.15, -0.1) is 0 Å². The number of carbonyl (C=O) groups is 1. The van der Waals surface area contributed by atoms with Crippen molar-refractivity contribution in [3.05, 3.63) is 89.5 Å². The van der Waals surface area contributed by atoms with Crippen molar-refractivity contribution in [2.75, 3.05) is 10.2 Å². The molecule has 1 heterocycles. The highest BCUT2D eigenvalue weighted by Crippen LogP contribution is 2.38. The lowest BCUT2D eigenvalue weighted by atomic mass is 10.0. The number of para-hydroxylation sites is 1. The second-order valence-electron chi connectivity index (χ2n) is 6.98. The first-order valence-electron chi connectivity index (χ1n) is 8.99. The van der Waals surface area contributed by atoms with E-state index >= 15 is 0 Å². The Hall–Kier alpha value is -3.07. The number of fused-ring (bicyclic) bond motifs is 2. The zero-order valence-corrected chi connectivity index (χ0v) is 15.1. The molecule has 0 aromatic heterocycles. The molecule has 0 saturated heterocycles. The first kappa shape index (κ1) is 16.4. The Morgan fingerprint density at radius 2 is 1.62 bits per heavy atom. The Labute approximate surface area is 154 Å². The molecule has 3 nitrogen and oxygen atoms in total. The Morgan fingerprint density at radius 3 is 2.38 bits per heavy atom. The van der Waals surface area contributed by atoms with Crippen LogP contribution in [-0.2, 0) is 6.54 Å². The van der Waals surface area contributed by atoms with Crippen molar-refractivity contribution in [1.29, 1.82) is 0 Å². The number of carbonyl (C=O) groups excluding carboxylic acids is 1. The number of hydrogen-bond donors (Lipinski definition) is 1. The fourth-order valence-corrected chi connectivity index (χ4v) is 3.35. The highest BCUT2D eigenvalue weighted by Gasteiger charge is 2.27. The summed E-state index contributed by atoms with van der Waals surface area (Å²) in [6.07, 6.45) is 0. The SMILES string of the molecule is CC(C)c1ccc2c(c1)Nc1ccccc1C(=O)N2Cc1ccccc1. The van der Waals surface area contributed by atoms with E-state index in [1.807, 2.05) is 47.4 Å². The van der Waals surface area contributed by atoms with Gasteiger partial charge in [-0.05, 0) is 41.3 Å². The van der Waals surface area contributed by atoms with Crippen molar-refractivity contribution in [3.63, 3.8) is 0 Å². The van der Waals surface area contributed by atoms with Crippen LogP contribution in [0.25, 0.3) is 0 Å². The minimum Gasteiger partial charge on any atom is -0.353 e. The van der Waals surface area contributed by atoms with Crippen molar-refractivity contribution < 1.29 is 4.79 Å². The molecule has 0 aliphatic carbocycles. The van der Waals surface area contributed by atoms with Crippen LogP contribution >= 0.6 is 0 Å². The third-order valence-corrected chi connectivity index (χ3v) is 4.83. The molecule has 0 bridgehead atoms. The summed E-state index contributed by atoms with van der Waals surface area (Å²) in [4.78, 5) is 15.2. The number of nitrogens with one attached hydrogen (secondary N) is 1. The van der Waals surface area contributed by atoms with Crippen LogP contribution in [0.2, 0.25) is 0 Å². The molecule has 0 radical (unpaired) electrons. The molecular weight excluding hydrogens is 320 g/mol. The topological polar surface area (TPSA) is 32.3 Å². The van der Waals surface area contributed by atoms with Gasteiger partial charge in [0.2, 0.25) is 0 Å². The molecule has 0 spiro atoms. The summed E-state index contributed by atoms with van der Waals surface area (Å²) in [7, 11) is 0. The van der Waals surface area contributed by atoms with E-state index in [-0.39, 0.29) is 5.91 Å². The summed E-state index contributed by atoms with van der Waals surface area (Å²) in [6.45, 7) is 4.91. The van der Waals surface area contributed by atoms with Crippen LogP contribution in [0, 0.1) is 0 Å². The standard InChI is InChI=1S/C23H22N2O/c1-16(2)18-12-13-22-21(14-18)24-20-11-7-6-10-19(20)23(26)25(22)15-17-8-4-3-5-9-17/h3-14,16,24H,15H2,1-2H3. The molecule has 0 saturated carbocycles. The molecule has 3 heteroatoms. The van der Waals surface area contributed by atoms with Gasteiger partial charge in [0.1, 0.15) is 0 Å². The highest BCUT2D eigenvalue weighted by atomic mass is 16.2. The Bertz CT molecular complexity index is 947. The molecule has 0 atom stereocenters. The Morgan fingerprint density at radius 1 is 0.885 bits per heavy atom. The molecule has 3 aromatic rings. The van der Waals surface area contributed by atoms with Crippen LogP contribution in [-0.4, -0.2) is 5.91 Å². The lowest BCUT2D eigenvalue weighted by Gasteiger charge is -2.24. The maximum absolute atomic E-state index is 13.3. The molecule has 3 aromatic carbocycles. The lowest BCUT2D eigenvalue weighted by molar-refractivity contribution is 0.0986. The second-order valence-corrected chi connectivity index (χ2v) is 6.98. The molecule has 1 amide bonds. The van der Waals surface area contributed by atoms with Gasteiger partial charge in [-0.1, -0.05) is 62.4 Å². The van der Waals surface area contributed by atoms with Crippen molar-refractivity contribution >= 4 is 23.0 Å². The molecule has 130 valence electrons. The van der Waals surface area contributed by atoms with E-state index in [2.05, 4.69) is 49.5 Å². The van der Waals surface area contributed by atoms with Crippen molar-refractivity contribution in [3.8, 4) is 0 Å². The number of nitrogens with zero attached hydrogens (tertiary/aromatic N) is 1. The highest BCUT2D eigenvalue weighted by molar-refractivity contribution is 6.13. The molecule has 0 fully saturated rings. The predicted molar refractivity (Wildman–Crippen MR) is 107 cm³/mol. The number of benzene rings is 3. The number of rotatable bonds is 3. The van der Waals surface area contributed by atoms with Gasteiger partial charge in [-0.25, -0.2) is 0 Å². The summed E-state index contributed by atoms with van der Waals surface area (Å²) >= 11 is 0. The molecule has 1 N–H and O–H groups in total. The van der Waals surface area contributed by atoms with E-state index in [0.717, 1.165) is 22.6 Å². The van der Waals surface area contributed by atoms with E-state index in [0.29, 0.717) is 18.0 Å². The van der Waals surface area contributed by atoms with Crippen molar-refractivity contribution in [2.24, 2.45) is 0 Å². The summed E-state index contributed by atoms with van der Waals surface area (Å²) < 4.78 is 0. The molecular formula is C23H22N2O. The van der Waals surface area contributed by atoms with Gasteiger partial charge in [0.25, 0.3) is 5.91 Å². The second kappa shape index (κ2) is 6.68. The van der Waals surface area contributed by atoms with E-state index in [9.17, 15) is 4.79 Å². The third kappa shape index (κ3) is 2.97. The summed E-state index contributed by atoms with van der Waals surface area (Å²) in [5.41, 5.74) is 5.81. The lowest BCUT2D eigenvalue weighted by Crippen LogP contribution is -2.29. The minimum atomic E-state index is 0.0213. The average molecular weight is 342 g/mol. The third-order valence-electron chi connectivity index (χ3n) is 4.83. The van der Waals surface area contributed by atoms with Crippen LogP contribution in [0.5, 0.6) is 0 Å². The van der Waals surface area contributed by atoms with Gasteiger partial charge in [0.05, 0.1) is 29.2 Å². The van der Waals surface area contributed by atoms with E-state index in [1.54, 1.807) is 0 Å². The van der Waals surface area contributed by atoms with Gasteiger partial charge < -0.3 is 10.2 Å². The summed E-state index contributed by atoms with van der Waals surface area (Å²) in [6, 6.07) is 24.2. The normalized spacial score (nSPS) is 13.0. The first-order chi connectivity index (χ1) is 12.6. The van der Waals surface area contributed by atoms with E-state index in [4.69, 9.17) is 0 Å². The van der Waals surface area contributed by atoms with Gasteiger partial charge >= 0.3 is 0 Å². The monoisotopic (exact) mass is 342 g/mol. The van der Waals surface area contributed by atoms with Crippen LogP contribution in [0.1, 0.15) is 41.3 Å². The van der Waals surface area contributed by atoms with Gasteiger partial charge in [-0.3, -0.25) is 4.79 Å². The van der Waals surface area contributed by atoms with Crippen molar-refractivity contribution in [1.82, 2.24) is 0 Å². The predicted octanol–water partition coefficient (Wildman–Crippen LogP) is 5.71. The van der Waals surface area contributed by atoms with E-state index < -0.39 is 0 Å². The molecule has 4 rings (SSSR count). The fraction of sp³-hybridized carbons (Fsp3) is 0.174. The molecule has 0 unspecified atom stereocenters. The maximum Gasteiger partial charge on any atom is 0.260 e. The van der Waals surface area contributed by atoms with Gasteiger partial charge in [0, 0.05) is 0 Å². The van der Waals surface area contributed by atoms with Crippen LogP contribution in [0.4, 0.5) is 17.1 Å². The zero-order chi connectivity index (χ0) is 18.1. The fourth-order valence-electron chi connectivity index (χ4n) is 3.35. The van der Waals surface area contributed by atoms with Crippen LogP contribution in [0.3, 0.4) is 0 Å². The maximum atomic E-state index is 13.3. The summed E-state index contributed by atoms with van der Waals surface area (Å²) in [5, 5.41) is 3.48. The minimum absolute atomic E-state index is 0.0213. The van der Waals surface area contributed by atoms with Crippen LogP contribution in [0.15, 0.2) is 72.8 Å². The van der Waals surface area contributed by atoms with Gasteiger partial charge in [0.15, 0.2) is 0 Å². The Kier molecular flexibility index (Phi) is 4.21. The zero-order valence-electron chi connectivity index (χ0n) is 15.1. The van der Waals surface area contributed by atoms with Crippen molar-refractivity contribution in [2.45, 2.75) is 26.3 Å². The summed E-state index contributed by atoms with van der Waals surface area (Å²) in [5.74, 6) is 0.451. The smallest absolute Gasteiger partial charge is 0.260 e. The van der Waals surface area contributed by atoms with Gasteiger partial charge in [-0.2, -0.15) is 0 Å². The Balaban J connectivity index is 1.85. The average Bonchev–Trinajstić information content (AvgIpc) is 2.77. The molecule has 1 aliphatic rings.